The molecule has 1 aromatic heterocycles. The van der Waals surface area contributed by atoms with Crippen LogP contribution in [0.4, 0.5) is 0 Å². The van der Waals surface area contributed by atoms with Crippen molar-refractivity contribution in [1.29, 1.82) is 0 Å². The maximum Gasteiger partial charge on any atom is 0.272 e. The smallest absolute Gasteiger partial charge is 0.272 e. The van der Waals surface area contributed by atoms with Gasteiger partial charge in [-0.05, 0) is 26.8 Å². The Hall–Kier alpha value is -1.36. The molecule has 1 amide bonds. The molecule has 1 aliphatic heterocycles. The number of rotatable bonds is 2. The standard InChI is InChI=1S/C12H20N4O/c1-4-16-11(7-9(2)14-16)12(17)15-6-5-13-10(3)8-15/h7,10,13H,4-6,8H2,1-3H3. The largest absolute Gasteiger partial charge is 0.334 e. The van der Waals surface area contributed by atoms with E-state index in [9.17, 15) is 4.79 Å². The lowest BCUT2D eigenvalue weighted by Gasteiger charge is -2.31. The molecule has 2 rings (SSSR count). The van der Waals surface area contributed by atoms with E-state index in [-0.39, 0.29) is 5.91 Å². The lowest BCUT2D eigenvalue weighted by Crippen LogP contribution is -2.51. The summed E-state index contributed by atoms with van der Waals surface area (Å²) in [5, 5.41) is 7.65. The fourth-order valence-electron chi connectivity index (χ4n) is 2.24. The summed E-state index contributed by atoms with van der Waals surface area (Å²) in [5.74, 6) is 0.0980. The van der Waals surface area contributed by atoms with Gasteiger partial charge in [0.25, 0.3) is 5.91 Å². The molecule has 5 heteroatoms. The number of piperazine rings is 1. The average Bonchev–Trinajstić information content (AvgIpc) is 2.69. The second-order valence-corrected chi connectivity index (χ2v) is 4.59. The van der Waals surface area contributed by atoms with Gasteiger partial charge in [-0.2, -0.15) is 5.10 Å². The number of hydrogen-bond donors (Lipinski definition) is 1. The highest BCUT2D eigenvalue weighted by Gasteiger charge is 2.24. The second-order valence-electron chi connectivity index (χ2n) is 4.59. The van der Waals surface area contributed by atoms with Crippen molar-refractivity contribution >= 4 is 5.91 Å². The fraction of sp³-hybridized carbons (Fsp3) is 0.667. The Morgan fingerprint density at radius 2 is 2.41 bits per heavy atom. The molecule has 1 saturated heterocycles. The number of carbonyl (C=O) groups excluding carboxylic acids is 1. The number of nitrogens with one attached hydrogen (secondary N) is 1. The first kappa shape index (κ1) is 12.1. The van der Waals surface area contributed by atoms with Crippen molar-refractivity contribution in [3.8, 4) is 0 Å². The summed E-state index contributed by atoms with van der Waals surface area (Å²) >= 11 is 0. The molecule has 17 heavy (non-hydrogen) atoms. The topological polar surface area (TPSA) is 50.2 Å². The molecule has 0 aromatic carbocycles. The van der Waals surface area contributed by atoms with Gasteiger partial charge in [0.1, 0.15) is 5.69 Å². The molecule has 5 nitrogen and oxygen atoms in total. The van der Waals surface area contributed by atoms with E-state index in [2.05, 4.69) is 17.3 Å². The molecule has 1 aliphatic rings. The van der Waals surface area contributed by atoms with E-state index >= 15 is 0 Å². The highest BCUT2D eigenvalue weighted by atomic mass is 16.2. The van der Waals surface area contributed by atoms with Crippen molar-refractivity contribution in [1.82, 2.24) is 20.0 Å². The third-order valence-electron chi connectivity index (χ3n) is 3.08. The zero-order chi connectivity index (χ0) is 12.4. The van der Waals surface area contributed by atoms with Crippen LogP contribution >= 0.6 is 0 Å². The van der Waals surface area contributed by atoms with Crippen molar-refractivity contribution in [3.63, 3.8) is 0 Å². The van der Waals surface area contributed by atoms with Gasteiger partial charge in [0.05, 0.1) is 5.69 Å². The monoisotopic (exact) mass is 236 g/mol. The van der Waals surface area contributed by atoms with Crippen molar-refractivity contribution in [2.45, 2.75) is 33.4 Å². The van der Waals surface area contributed by atoms with Crippen LogP contribution in [-0.4, -0.2) is 46.3 Å². The Bertz CT molecular complexity index is 413. The molecule has 1 fully saturated rings. The minimum Gasteiger partial charge on any atom is -0.334 e. The molecule has 0 bridgehead atoms. The quantitative estimate of drug-likeness (QED) is 0.820. The normalized spacial score (nSPS) is 20.6. The number of hydrogen-bond acceptors (Lipinski definition) is 3. The zero-order valence-corrected chi connectivity index (χ0v) is 10.7. The molecule has 0 saturated carbocycles. The van der Waals surface area contributed by atoms with Crippen molar-refractivity contribution in [2.75, 3.05) is 19.6 Å². The molecule has 0 spiro atoms. The van der Waals surface area contributed by atoms with Crippen LogP contribution in [0, 0.1) is 6.92 Å². The van der Waals surface area contributed by atoms with Crippen LogP contribution in [0.3, 0.4) is 0 Å². The van der Waals surface area contributed by atoms with Crippen LogP contribution in [-0.2, 0) is 6.54 Å². The Kier molecular flexibility index (Phi) is 3.47. The van der Waals surface area contributed by atoms with Crippen LogP contribution in [0.2, 0.25) is 0 Å². The van der Waals surface area contributed by atoms with Crippen LogP contribution in [0.15, 0.2) is 6.07 Å². The van der Waals surface area contributed by atoms with Gasteiger partial charge in [0.15, 0.2) is 0 Å². The summed E-state index contributed by atoms with van der Waals surface area (Å²) in [4.78, 5) is 14.3. The summed E-state index contributed by atoms with van der Waals surface area (Å²) in [6, 6.07) is 2.24. The van der Waals surface area contributed by atoms with Crippen LogP contribution in [0.25, 0.3) is 0 Å². The predicted molar refractivity (Wildman–Crippen MR) is 66.0 cm³/mol. The maximum atomic E-state index is 12.4. The SMILES string of the molecule is CCn1nc(C)cc1C(=O)N1CCNC(C)C1. The Labute approximate surface area is 102 Å². The molecule has 2 heterocycles. The lowest BCUT2D eigenvalue weighted by molar-refractivity contribution is 0.0696. The third-order valence-corrected chi connectivity index (χ3v) is 3.08. The predicted octanol–water partition coefficient (Wildman–Crippen LogP) is 0.645. The maximum absolute atomic E-state index is 12.4. The van der Waals surface area contributed by atoms with Crippen LogP contribution in [0.5, 0.6) is 0 Å². The number of nitrogens with zero attached hydrogens (tertiary/aromatic N) is 3. The van der Waals surface area contributed by atoms with E-state index in [4.69, 9.17) is 0 Å². The van der Waals surface area contributed by atoms with E-state index < -0.39 is 0 Å². The molecule has 1 atom stereocenters. The van der Waals surface area contributed by atoms with Gasteiger partial charge in [0, 0.05) is 32.2 Å². The minimum absolute atomic E-state index is 0.0980. The van der Waals surface area contributed by atoms with E-state index in [0.29, 0.717) is 11.7 Å². The molecular weight excluding hydrogens is 216 g/mol. The van der Waals surface area contributed by atoms with Crippen molar-refractivity contribution in [3.05, 3.63) is 17.5 Å². The highest BCUT2D eigenvalue weighted by Crippen LogP contribution is 2.10. The van der Waals surface area contributed by atoms with E-state index in [1.54, 1.807) is 4.68 Å². The van der Waals surface area contributed by atoms with E-state index in [0.717, 1.165) is 31.9 Å². The Morgan fingerprint density at radius 1 is 1.65 bits per heavy atom. The first-order chi connectivity index (χ1) is 8.11. The van der Waals surface area contributed by atoms with Gasteiger partial charge in [-0.1, -0.05) is 0 Å². The number of amides is 1. The summed E-state index contributed by atoms with van der Waals surface area (Å²) < 4.78 is 1.78. The molecule has 0 aliphatic carbocycles. The summed E-state index contributed by atoms with van der Waals surface area (Å²) in [6.45, 7) is 9.17. The molecular formula is C12H20N4O. The molecule has 1 N–H and O–H groups in total. The van der Waals surface area contributed by atoms with Gasteiger partial charge in [-0.25, -0.2) is 0 Å². The molecule has 1 aromatic rings. The van der Waals surface area contributed by atoms with Crippen molar-refractivity contribution < 1.29 is 4.79 Å². The summed E-state index contributed by atoms with van der Waals surface area (Å²) in [7, 11) is 0. The second kappa shape index (κ2) is 4.87. The van der Waals surface area contributed by atoms with Gasteiger partial charge < -0.3 is 10.2 Å². The number of aryl methyl sites for hydroxylation is 2. The fourth-order valence-corrected chi connectivity index (χ4v) is 2.24. The number of aromatic nitrogens is 2. The Morgan fingerprint density at radius 3 is 3.06 bits per heavy atom. The average molecular weight is 236 g/mol. The van der Waals surface area contributed by atoms with Gasteiger partial charge >= 0.3 is 0 Å². The molecule has 94 valence electrons. The summed E-state index contributed by atoms with van der Waals surface area (Å²) in [6.07, 6.45) is 0. The van der Waals surface area contributed by atoms with E-state index in [1.165, 1.54) is 0 Å². The third kappa shape index (κ3) is 2.49. The van der Waals surface area contributed by atoms with Gasteiger partial charge in [-0.15, -0.1) is 0 Å². The van der Waals surface area contributed by atoms with Crippen LogP contribution in [0.1, 0.15) is 30.0 Å². The number of carbonyl (C=O) groups is 1. The summed E-state index contributed by atoms with van der Waals surface area (Å²) in [5.41, 5.74) is 1.61. The van der Waals surface area contributed by atoms with Gasteiger partial charge in [0.2, 0.25) is 0 Å². The molecule has 1 unspecified atom stereocenters. The Balaban J connectivity index is 2.18. The molecule has 0 radical (unpaired) electrons. The zero-order valence-electron chi connectivity index (χ0n) is 10.7. The van der Waals surface area contributed by atoms with E-state index in [1.807, 2.05) is 24.8 Å². The first-order valence-corrected chi connectivity index (χ1v) is 6.19. The highest BCUT2D eigenvalue weighted by molar-refractivity contribution is 5.92. The van der Waals surface area contributed by atoms with Gasteiger partial charge in [-0.3, -0.25) is 9.48 Å². The van der Waals surface area contributed by atoms with Crippen LogP contribution < -0.4 is 5.32 Å². The van der Waals surface area contributed by atoms with Crippen molar-refractivity contribution in [2.24, 2.45) is 0 Å². The lowest BCUT2D eigenvalue weighted by atomic mass is 10.2. The minimum atomic E-state index is 0.0980. The first-order valence-electron chi connectivity index (χ1n) is 6.19.